The summed E-state index contributed by atoms with van der Waals surface area (Å²) in [7, 11) is 0.00582. The zero-order valence-electron chi connectivity index (χ0n) is 11.2. The van der Waals surface area contributed by atoms with E-state index in [2.05, 4.69) is 4.98 Å². The van der Waals surface area contributed by atoms with Crippen molar-refractivity contribution in [2.75, 3.05) is 12.8 Å². The summed E-state index contributed by atoms with van der Waals surface area (Å²) in [5.41, 5.74) is 6.46. The number of ether oxygens (including phenoxy) is 1. The summed E-state index contributed by atoms with van der Waals surface area (Å²) < 4.78 is 17.5. The van der Waals surface area contributed by atoms with Crippen LogP contribution in [-0.2, 0) is 16.6 Å². The SMILES string of the molecule is COc1ccc([N+](=O)[O-])cc1CS(=O)c1ccncc1N. The number of nitro groups is 1. The lowest BCUT2D eigenvalue weighted by Crippen LogP contribution is -2.03. The predicted octanol–water partition coefficient (Wildman–Crippen LogP) is 1.89. The summed E-state index contributed by atoms with van der Waals surface area (Å²) in [4.78, 5) is 14.6. The maximum atomic E-state index is 12.4. The number of anilines is 1. The van der Waals surface area contributed by atoms with Crippen molar-refractivity contribution < 1.29 is 13.9 Å². The van der Waals surface area contributed by atoms with Crippen molar-refractivity contribution in [2.24, 2.45) is 0 Å². The molecule has 0 aliphatic rings. The summed E-state index contributed by atoms with van der Waals surface area (Å²) >= 11 is 0. The van der Waals surface area contributed by atoms with E-state index < -0.39 is 15.7 Å². The molecule has 1 aromatic heterocycles. The van der Waals surface area contributed by atoms with Gasteiger partial charge in [-0.1, -0.05) is 0 Å². The Bertz CT molecular complexity index is 706. The third-order valence-corrected chi connectivity index (χ3v) is 4.25. The Kier molecular flexibility index (Phi) is 4.49. The van der Waals surface area contributed by atoms with Crippen LogP contribution >= 0.6 is 0 Å². The fraction of sp³-hybridized carbons (Fsp3) is 0.154. The highest BCUT2D eigenvalue weighted by molar-refractivity contribution is 7.84. The normalized spacial score (nSPS) is 11.9. The predicted molar refractivity (Wildman–Crippen MR) is 78.4 cm³/mol. The van der Waals surface area contributed by atoms with Gasteiger partial charge in [0, 0.05) is 23.9 Å². The van der Waals surface area contributed by atoms with Gasteiger partial charge in [-0.15, -0.1) is 0 Å². The van der Waals surface area contributed by atoms with Gasteiger partial charge in [0.2, 0.25) is 0 Å². The highest BCUT2D eigenvalue weighted by atomic mass is 32.2. The molecule has 0 spiro atoms. The molecule has 0 saturated heterocycles. The van der Waals surface area contributed by atoms with Crippen molar-refractivity contribution in [1.82, 2.24) is 4.98 Å². The summed E-state index contributed by atoms with van der Waals surface area (Å²) in [6.07, 6.45) is 2.91. The van der Waals surface area contributed by atoms with Crippen LogP contribution in [0.15, 0.2) is 41.6 Å². The van der Waals surface area contributed by atoms with Crippen LogP contribution in [0.1, 0.15) is 5.56 Å². The number of pyridine rings is 1. The molecule has 1 atom stereocenters. The summed E-state index contributed by atoms with van der Waals surface area (Å²) in [6, 6.07) is 5.75. The second-order valence-electron chi connectivity index (χ2n) is 4.16. The van der Waals surface area contributed by atoms with E-state index in [1.165, 1.54) is 37.7 Å². The molecule has 2 rings (SSSR count). The Morgan fingerprint density at radius 1 is 1.43 bits per heavy atom. The molecule has 8 heteroatoms. The van der Waals surface area contributed by atoms with E-state index in [9.17, 15) is 14.3 Å². The lowest BCUT2D eigenvalue weighted by Gasteiger charge is -2.09. The molecule has 2 N–H and O–H groups in total. The van der Waals surface area contributed by atoms with Crippen LogP contribution in [0.4, 0.5) is 11.4 Å². The third kappa shape index (κ3) is 3.34. The van der Waals surface area contributed by atoms with Crippen molar-refractivity contribution in [3.05, 3.63) is 52.3 Å². The quantitative estimate of drug-likeness (QED) is 0.667. The lowest BCUT2D eigenvalue weighted by molar-refractivity contribution is -0.384. The third-order valence-electron chi connectivity index (χ3n) is 2.82. The van der Waals surface area contributed by atoms with Crippen molar-refractivity contribution in [1.29, 1.82) is 0 Å². The second kappa shape index (κ2) is 6.31. The molecule has 2 aromatic rings. The molecule has 0 bridgehead atoms. The first-order valence-electron chi connectivity index (χ1n) is 5.92. The number of methoxy groups -OCH3 is 1. The smallest absolute Gasteiger partial charge is 0.270 e. The van der Waals surface area contributed by atoms with Gasteiger partial charge in [-0.25, -0.2) is 0 Å². The van der Waals surface area contributed by atoms with E-state index in [-0.39, 0.29) is 11.4 Å². The standard InChI is InChI=1S/C13H13N3O4S/c1-20-12-3-2-10(16(17)18)6-9(12)8-21(19)13-4-5-15-7-11(13)14/h2-7H,8,14H2,1H3. The van der Waals surface area contributed by atoms with Gasteiger partial charge in [0.1, 0.15) is 5.75 Å². The molecule has 7 nitrogen and oxygen atoms in total. The van der Waals surface area contributed by atoms with E-state index >= 15 is 0 Å². The van der Waals surface area contributed by atoms with E-state index in [1.54, 1.807) is 6.07 Å². The van der Waals surface area contributed by atoms with Gasteiger partial charge in [-0.3, -0.25) is 19.3 Å². The number of rotatable bonds is 5. The molecular formula is C13H13N3O4S. The zero-order chi connectivity index (χ0) is 15.4. The average molecular weight is 307 g/mol. The number of hydrogen-bond donors (Lipinski definition) is 1. The maximum absolute atomic E-state index is 12.4. The van der Waals surface area contributed by atoms with Crippen LogP contribution in [-0.4, -0.2) is 21.2 Å². The summed E-state index contributed by atoms with van der Waals surface area (Å²) in [6.45, 7) is 0. The molecule has 0 saturated carbocycles. The molecule has 0 amide bonds. The topological polar surface area (TPSA) is 108 Å². The molecule has 21 heavy (non-hydrogen) atoms. The highest BCUT2D eigenvalue weighted by Crippen LogP contribution is 2.27. The van der Waals surface area contributed by atoms with Crippen LogP contribution in [0.3, 0.4) is 0 Å². The van der Waals surface area contributed by atoms with Gasteiger partial charge >= 0.3 is 0 Å². The average Bonchev–Trinajstić information content (AvgIpc) is 2.47. The first-order valence-corrected chi connectivity index (χ1v) is 7.24. The van der Waals surface area contributed by atoms with Gasteiger partial charge < -0.3 is 10.5 Å². The monoisotopic (exact) mass is 307 g/mol. The van der Waals surface area contributed by atoms with Crippen LogP contribution < -0.4 is 10.5 Å². The number of nitrogen functional groups attached to an aromatic ring is 1. The summed E-state index contributed by atoms with van der Waals surface area (Å²) in [5.74, 6) is 0.514. The Morgan fingerprint density at radius 3 is 2.81 bits per heavy atom. The summed E-state index contributed by atoms with van der Waals surface area (Å²) in [5, 5.41) is 10.8. The van der Waals surface area contributed by atoms with Gasteiger partial charge in [-0.2, -0.15) is 0 Å². The van der Waals surface area contributed by atoms with Crippen LogP contribution in [0.2, 0.25) is 0 Å². The zero-order valence-corrected chi connectivity index (χ0v) is 12.0. The number of aromatic nitrogens is 1. The molecule has 1 unspecified atom stereocenters. The minimum Gasteiger partial charge on any atom is -0.496 e. The number of nitrogens with two attached hydrogens (primary N) is 1. The van der Waals surface area contributed by atoms with Crippen molar-refractivity contribution in [3.63, 3.8) is 0 Å². The Morgan fingerprint density at radius 2 is 2.19 bits per heavy atom. The number of nitro benzene ring substituents is 1. The number of benzene rings is 1. The number of non-ortho nitro benzene ring substituents is 1. The fourth-order valence-electron chi connectivity index (χ4n) is 1.81. The molecule has 0 radical (unpaired) electrons. The Labute approximate surface area is 123 Å². The minimum absolute atomic E-state index is 0.0685. The number of nitrogens with zero attached hydrogens (tertiary/aromatic N) is 2. The van der Waals surface area contributed by atoms with E-state index in [0.29, 0.717) is 21.9 Å². The fourth-order valence-corrected chi connectivity index (χ4v) is 3.00. The number of hydrogen-bond acceptors (Lipinski definition) is 6. The molecule has 0 aliphatic heterocycles. The van der Waals surface area contributed by atoms with E-state index in [4.69, 9.17) is 10.5 Å². The lowest BCUT2D eigenvalue weighted by atomic mass is 10.2. The van der Waals surface area contributed by atoms with Crippen molar-refractivity contribution >= 4 is 22.2 Å². The first-order chi connectivity index (χ1) is 10.0. The first kappa shape index (κ1) is 14.9. The molecule has 1 heterocycles. The molecule has 110 valence electrons. The molecule has 1 aromatic carbocycles. The van der Waals surface area contributed by atoms with Crippen molar-refractivity contribution in [3.8, 4) is 5.75 Å². The van der Waals surface area contributed by atoms with E-state index in [1.807, 2.05) is 0 Å². The highest BCUT2D eigenvalue weighted by Gasteiger charge is 2.16. The van der Waals surface area contributed by atoms with Gasteiger partial charge in [0.05, 0.1) is 45.4 Å². The van der Waals surface area contributed by atoms with Crippen molar-refractivity contribution in [2.45, 2.75) is 10.6 Å². The molecule has 0 aliphatic carbocycles. The maximum Gasteiger partial charge on any atom is 0.270 e. The minimum atomic E-state index is -1.45. The largest absolute Gasteiger partial charge is 0.496 e. The van der Waals surface area contributed by atoms with E-state index in [0.717, 1.165) is 0 Å². The Balaban J connectivity index is 2.34. The van der Waals surface area contributed by atoms with Gasteiger partial charge in [0.15, 0.2) is 0 Å². The van der Waals surface area contributed by atoms with Crippen LogP contribution in [0.25, 0.3) is 0 Å². The second-order valence-corrected chi connectivity index (χ2v) is 5.58. The Hall–Kier alpha value is -2.48. The molecular weight excluding hydrogens is 294 g/mol. The molecule has 0 fully saturated rings. The van der Waals surface area contributed by atoms with Gasteiger partial charge in [-0.05, 0) is 12.1 Å². The van der Waals surface area contributed by atoms with Gasteiger partial charge in [0.25, 0.3) is 5.69 Å². The van der Waals surface area contributed by atoms with Crippen LogP contribution in [0, 0.1) is 10.1 Å². The van der Waals surface area contributed by atoms with Crippen LogP contribution in [0.5, 0.6) is 5.75 Å².